The Labute approximate surface area is 85.8 Å². The van der Waals surface area contributed by atoms with Crippen molar-refractivity contribution in [1.29, 1.82) is 0 Å². The average Bonchev–Trinajstić information content (AvgIpc) is 2.87. The summed E-state index contributed by atoms with van der Waals surface area (Å²) in [6, 6.07) is 0.161. The molecule has 1 aliphatic heterocycles. The van der Waals surface area contributed by atoms with Crippen LogP contribution < -0.4 is 5.32 Å². The van der Waals surface area contributed by atoms with Crippen molar-refractivity contribution in [3.05, 3.63) is 0 Å². The highest BCUT2D eigenvalue weighted by Gasteiger charge is 2.20. The lowest BCUT2D eigenvalue weighted by molar-refractivity contribution is 0.207. The molecule has 0 bridgehead atoms. The van der Waals surface area contributed by atoms with Crippen molar-refractivity contribution in [1.82, 2.24) is 10.2 Å². The van der Waals surface area contributed by atoms with Gasteiger partial charge in [0.2, 0.25) is 0 Å². The Morgan fingerprint density at radius 2 is 1.79 bits per heavy atom. The first-order chi connectivity index (χ1) is 6.86. The van der Waals surface area contributed by atoms with Gasteiger partial charge in [-0.1, -0.05) is 12.8 Å². The minimum absolute atomic E-state index is 0.161. The van der Waals surface area contributed by atoms with Crippen molar-refractivity contribution in [2.24, 2.45) is 5.92 Å². The van der Waals surface area contributed by atoms with E-state index in [1.54, 1.807) is 0 Å². The van der Waals surface area contributed by atoms with Gasteiger partial charge < -0.3 is 10.2 Å². The molecule has 14 heavy (non-hydrogen) atoms. The number of rotatable bonds is 2. The fraction of sp³-hybridized carbons (Fsp3) is 0.909. The topological polar surface area (TPSA) is 32.3 Å². The third-order valence-corrected chi connectivity index (χ3v) is 3.41. The van der Waals surface area contributed by atoms with Crippen LogP contribution in [0.25, 0.3) is 0 Å². The molecule has 0 spiro atoms. The summed E-state index contributed by atoms with van der Waals surface area (Å²) in [6.07, 6.45) is 7.67. The van der Waals surface area contributed by atoms with E-state index in [0.717, 1.165) is 25.6 Å². The second-order valence-electron chi connectivity index (χ2n) is 4.53. The number of urea groups is 1. The molecule has 80 valence electrons. The molecule has 3 nitrogen and oxygen atoms in total. The molecule has 0 radical (unpaired) electrons. The van der Waals surface area contributed by atoms with E-state index >= 15 is 0 Å². The zero-order valence-electron chi connectivity index (χ0n) is 8.80. The van der Waals surface area contributed by atoms with Crippen molar-refractivity contribution in [2.45, 2.75) is 38.5 Å². The van der Waals surface area contributed by atoms with Crippen LogP contribution >= 0.6 is 0 Å². The van der Waals surface area contributed by atoms with Crippen molar-refractivity contribution < 1.29 is 4.79 Å². The monoisotopic (exact) mass is 196 g/mol. The Morgan fingerprint density at radius 1 is 1.14 bits per heavy atom. The number of amides is 2. The number of nitrogens with zero attached hydrogens (tertiary/aromatic N) is 1. The average molecular weight is 196 g/mol. The Balaban J connectivity index is 1.66. The van der Waals surface area contributed by atoms with Gasteiger partial charge in [0.25, 0.3) is 0 Å². The molecule has 3 heteroatoms. The zero-order valence-corrected chi connectivity index (χ0v) is 8.80. The number of carbonyl (C=O) groups excluding carboxylic acids is 1. The molecule has 1 saturated carbocycles. The predicted molar refractivity (Wildman–Crippen MR) is 56.2 cm³/mol. The largest absolute Gasteiger partial charge is 0.338 e. The van der Waals surface area contributed by atoms with Gasteiger partial charge in [0.05, 0.1) is 0 Å². The van der Waals surface area contributed by atoms with Gasteiger partial charge in [0.15, 0.2) is 0 Å². The Morgan fingerprint density at radius 3 is 2.43 bits per heavy atom. The molecule has 0 aromatic carbocycles. The van der Waals surface area contributed by atoms with Crippen LogP contribution in [0.1, 0.15) is 38.5 Å². The summed E-state index contributed by atoms with van der Waals surface area (Å²) in [6.45, 7) is 2.81. The summed E-state index contributed by atoms with van der Waals surface area (Å²) >= 11 is 0. The third-order valence-electron chi connectivity index (χ3n) is 3.41. The molecule has 1 heterocycles. The van der Waals surface area contributed by atoms with Crippen LogP contribution in [0.5, 0.6) is 0 Å². The molecule has 2 amide bonds. The minimum Gasteiger partial charge on any atom is -0.338 e. The molecule has 2 aliphatic rings. The maximum Gasteiger partial charge on any atom is 0.317 e. The summed E-state index contributed by atoms with van der Waals surface area (Å²) in [5, 5.41) is 3.05. The lowest BCUT2D eigenvalue weighted by atomic mass is 10.1. The van der Waals surface area contributed by atoms with Gasteiger partial charge in [-0.25, -0.2) is 4.79 Å². The standard InChI is InChI=1S/C11H20N2O/c14-11(13-7-3-4-8-13)12-9-10-5-1-2-6-10/h10H,1-9H2,(H,12,14). The summed E-state index contributed by atoms with van der Waals surface area (Å²) in [4.78, 5) is 13.6. The van der Waals surface area contributed by atoms with Crippen LogP contribution in [-0.2, 0) is 0 Å². The zero-order chi connectivity index (χ0) is 9.80. The van der Waals surface area contributed by atoms with Crippen molar-refractivity contribution in [2.75, 3.05) is 19.6 Å². The second-order valence-corrected chi connectivity index (χ2v) is 4.53. The van der Waals surface area contributed by atoms with Crippen LogP contribution in [-0.4, -0.2) is 30.6 Å². The molecule has 2 rings (SSSR count). The van der Waals surface area contributed by atoms with Crippen LogP contribution in [0.4, 0.5) is 4.79 Å². The summed E-state index contributed by atoms with van der Waals surface area (Å²) in [5.74, 6) is 0.751. The molecule has 1 saturated heterocycles. The molecule has 0 atom stereocenters. The van der Waals surface area contributed by atoms with Gasteiger partial charge in [-0.05, 0) is 31.6 Å². The lowest BCUT2D eigenvalue weighted by Gasteiger charge is -2.18. The molecule has 0 aromatic heterocycles. The highest BCUT2D eigenvalue weighted by molar-refractivity contribution is 5.74. The first-order valence-electron chi connectivity index (χ1n) is 5.89. The molecular formula is C11H20N2O. The molecular weight excluding hydrogens is 176 g/mol. The van der Waals surface area contributed by atoms with Crippen LogP contribution in [0.15, 0.2) is 0 Å². The molecule has 2 fully saturated rings. The van der Waals surface area contributed by atoms with Gasteiger partial charge in [-0.15, -0.1) is 0 Å². The summed E-state index contributed by atoms with van der Waals surface area (Å²) in [5.41, 5.74) is 0. The van der Waals surface area contributed by atoms with E-state index in [9.17, 15) is 4.79 Å². The number of likely N-dealkylation sites (tertiary alicyclic amines) is 1. The summed E-state index contributed by atoms with van der Waals surface area (Å²) in [7, 11) is 0. The number of hydrogen-bond acceptors (Lipinski definition) is 1. The fourth-order valence-corrected chi connectivity index (χ4v) is 2.48. The highest BCUT2D eigenvalue weighted by atomic mass is 16.2. The summed E-state index contributed by atoms with van der Waals surface area (Å²) < 4.78 is 0. The van der Waals surface area contributed by atoms with E-state index in [2.05, 4.69) is 5.32 Å². The van der Waals surface area contributed by atoms with E-state index in [-0.39, 0.29) is 6.03 Å². The van der Waals surface area contributed by atoms with E-state index in [0.29, 0.717) is 0 Å². The predicted octanol–water partition coefficient (Wildman–Crippen LogP) is 1.98. The number of hydrogen-bond donors (Lipinski definition) is 1. The van der Waals surface area contributed by atoms with Gasteiger partial charge in [0, 0.05) is 19.6 Å². The van der Waals surface area contributed by atoms with Crippen molar-refractivity contribution in [3.8, 4) is 0 Å². The van der Waals surface area contributed by atoms with E-state index in [4.69, 9.17) is 0 Å². The third kappa shape index (κ3) is 2.40. The minimum atomic E-state index is 0.161. The van der Waals surface area contributed by atoms with Gasteiger partial charge in [-0.3, -0.25) is 0 Å². The first kappa shape index (κ1) is 9.81. The fourth-order valence-electron chi connectivity index (χ4n) is 2.48. The quantitative estimate of drug-likeness (QED) is 0.719. The Kier molecular flexibility index (Phi) is 3.27. The molecule has 1 N–H and O–H groups in total. The van der Waals surface area contributed by atoms with E-state index in [1.165, 1.54) is 38.5 Å². The van der Waals surface area contributed by atoms with Crippen LogP contribution in [0.2, 0.25) is 0 Å². The Bertz CT molecular complexity index is 193. The first-order valence-corrected chi connectivity index (χ1v) is 5.89. The van der Waals surface area contributed by atoms with E-state index < -0.39 is 0 Å². The smallest absolute Gasteiger partial charge is 0.317 e. The maximum absolute atomic E-state index is 11.6. The maximum atomic E-state index is 11.6. The highest BCUT2D eigenvalue weighted by Crippen LogP contribution is 2.23. The lowest BCUT2D eigenvalue weighted by Crippen LogP contribution is -2.39. The molecule has 1 aliphatic carbocycles. The number of carbonyl (C=O) groups is 1. The Hall–Kier alpha value is -0.730. The molecule has 0 unspecified atom stereocenters. The molecule has 0 aromatic rings. The van der Waals surface area contributed by atoms with Gasteiger partial charge in [-0.2, -0.15) is 0 Å². The normalized spacial score (nSPS) is 23.0. The van der Waals surface area contributed by atoms with E-state index in [1.807, 2.05) is 4.90 Å². The number of nitrogens with one attached hydrogen (secondary N) is 1. The van der Waals surface area contributed by atoms with Crippen LogP contribution in [0, 0.1) is 5.92 Å². The SMILES string of the molecule is O=C(NCC1CCCC1)N1CCCC1. The van der Waals surface area contributed by atoms with Crippen molar-refractivity contribution >= 4 is 6.03 Å². The second kappa shape index (κ2) is 4.67. The van der Waals surface area contributed by atoms with Gasteiger partial charge >= 0.3 is 6.03 Å². The van der Waals surface area contributed by atoms with Crippen molar-refractivity contribution in [3.63, 3.8) is 0 Å². The van der Waals surface area contributed by atoms with Gasteiger partial charge in [0.1, 0.15) is 0 Å². The van der Waals surface area contributed by atoms with Crippen LogP contribution in [0.3, 0.4) is 0 Å².